The van der Waals surface area contributed by atoms with Crippen LogP contribution in [0.1, 0.15) is 99.9 Å². The van der Waals surface area contributed by atoms with Crippen LogP contribution in [0.3, 0.4) is 0 Å². The first kappa shape index (κ1) is 34.3. The van der Waals surface area contributed by atoms with Gasteiger partial charge >= 0.3 is 12.3 Å². The van der Waals surface area contributed by atoms with E-state index in [0.717, 1.165) is 99.9 Å². The highest BCUT2D eigenvalue weighted by Crippen LogP contribution is 2.48. The quantitative estimate of drug-likeness (QED) is 0.174. The lowest BCUT2D eigenvalue weighted by Gasteiger charge is -2.38. The number of carboxylic acid groups (broad SMARTS) is 1. The van der Waals surface area contributed by atoms with Crippen LogP contribution in [0.25, 0.3) is 5.69 Å². The fourth-order valence-corrected chi connectivity index (χ4v) is 7.58. The molecule has 3 aliphatic rings. The maximum absolute atomic E-state index is 13.3. The van der Waals surface area contributed by atoms with Crippen molar-refractivity contribution in [3.05, 3.63) is 65.0 Å². The van der Waals surface area contributed by atoms with Crippen molar-refractivity contribution < 1.29 is 32.5 Å². The molecule has 260 valence electrons. The Morgan fingerprint density at radius 3 is 2.56 bits per heavy atom. The van der Waals surface area contributed by atoms with Crippen LogP contribution in [0.15, 0.2) is 42.6 Å². The summed E-state index contributed by atoms with van der Waals surface area (Å²) in [6.45, 7) is 5.76. The number of benzene rings is 2. The molecule has 48 heavy (non-hydrogen) atoms. The van der Waals surface area contributed by atoms with Gasteiger partial charge in [-0.1, -0.05) is 50.5 Å². The Hall–Kier alpha value is -3.60. The van der Waals surface area contributed by atoms with Crippen molar-refractivity contribution in [2.75, 3.05) is 13.1 Å². The molecule has 6 rings (SSSR count). The molecule has 2 fully saturated rings. The minimum absolute atomic E-state index is 0.00751. The van der Waals surface area contributed by atoms with Crippen molar-refractivity contribution in [1.29, 1.82) is 0 Å². The average molecular weight is 669 g/mol. The second kappa shape index (κ2) is 14.9. The van der Waals surface area contributed by atoms with Crippen LogP contribution < -0.4 is 9.47 Å². The molecule has 3 atom stereocenters. The van der Waals surface area contributed by atoms with Crippen LogP contribution in [0.4, 0.5) is 13.2 Å². The molecular formula is C37H47F3N4O4. The standard InChI is InChI=1S/C37H47F3N4O4/c1-3-4-5-6-7-30-23-44(42-41-30)31-13-15-33(48-37(38,39)40)29(20-31)22-43-18-16-26(17-19-43)32-14-12-25-8-11-28(21-34(25)47-32)35(27-9-10-27)24(2)36(45)46/h8,11,13,15,20-21,23-24,26-27,32,35H,3-7,9-10,12,14,16-19,22H2,1-2H3,(H,45,46)/t24-,32+,35-/m0/s1. The number of fused-ring (bicyclic) bond motifs is 1. The molecule has 0 amide bonds. The number of carboxylic acids is 1. The number of hydrogen-bond acceptors (Lipinski definition) is 6. The number of likely N-dealkylation sites (tertiary alicyclic amines) is 1. The van der Waals surface area contributed by atoms with E-state index in [9.17, 15) is 23.1 Å². The van der Waals surface area contributed by atoms with Gasteiger partial charge in [0.25, 0.3) is 0 Å². The Labute approximate surface area is 280 Å². The molecule has 3 heterocycles. The average Bonchev–Trinajstić information content (AvgIpc) is 3.78. The maximum atomic E-state index is 13.3. The zero-order valence-corrected chi connectivity index (χ0v) is 27.9. The molecule has 0 radical (unpaired) electrons. The maximum Gasteiger partial charge on any atom is 0.573 e. The molecule has 1 saturated heterocycles. The van der Waals surface area contributed by atoms with Crippen LogP contribution in [0.2, 0.25) is 0 Å². The monoisotopic (exact) mass is 668 g/mol. The topological polar surface area (TPSA) is 89.7 Å². The highest BCUT2D eigenvalue weighted by atomic mass is 19.4. The van der Waals surface area contributed by atoms with Crippen LogP contribution >= 0.6 is 0 Å². The normalized spacial score (nSPS) is 20.1. The molecule has 2 aromatic carbocycles. The van der Waals surface area contributed by atoms with E-state index in [1.54, 1.807) is 23.7 Å². The molecular weight excluding hydrogens is 621 g/mol. The van der Waals surface area contributed by atoms with Gasteiger partial charge in [0.2, 0.25) is 0 Å². The molecule has 0 unspecified atom stereocenters. The highest BCUT2D eigenvalue weighted by Gasteiger charge is 2.40. The molecule has 1 aromatic heterocycles. The molecule has 11 heteroatoms. The third-order valence-corrected chi connectivity index (χ3v) is 10.4. The predicted octanol–water partition coefficient (Wildman–Crippen LogP) is 8.11. The van der Waals surface area contributed by atoms with Crippen molar-refractivity contribution in [1.82, 2.24) is 19.9 Å². The molecule has 8 nitrogen and oxygen atoms in total. The molecule has 2 aliphatic heterocycles. The van der Waals surface area contributed by atoms with Gasteiger partial charge in [-0.15, -0.1) is 18.3 Å². The lowest BCUT2D eigenvalue weighted by atomic mass is 9.81. The van der Waals surface area contributed by atoms with Crippen LogP contribution in [-0.2, 0) is 24.2 Å². The SMILES string of the molecule is CCCCCCc1cn(-c2ccc(OC(F)(F)F)c(CN3CCC([C@H]4CCc5ccc([C@H](C6CC6)[C@H](C)C(=O)O)cc5O4)CC3)c2)nn1. The lowest BCUT2D eigenvalue weighted by Crippen LogP contribution is -2.40. The zero-order chi connectivity index (χ0) is 33.8. The first-order chi connectivity index (χ1) is 23.1. The molecule has 1 saturated carbocycles. The number of piperidine rings is 1. The minimum atomic E-state index is -4.79. The van der Waals surface area contributed by atoms with Crippen molar-refractivity contribution in [2.24, 2.45) is 17.8 Å². The van der Waals surface area contributed by atoms with Crippen LogP contribution in [-0.4, -0.2) is 56.5 Å². The number of aliphatic carboxylic acids is 1. The van der Waals surface area contributed by atoms with Crippen LogP contribution in [0, 0.1) is 17.8 Å². The van der Waals surface area contributed by atoms with E-state index in [4.69, 9.17) is 4.74 Å². The summed E-state index contributed by atoms with van der Waals surface area (Å²) in [5.74, 6) is 0.200. The third-order valence-electron chi connectivity index (χ3n) is 10.4. The summed E-state index contributed by atoms with van der Waals surface area (Å²) in [6, 6.07) is 11.0. The fraction of sp³-hybridized carbons (Fsp3) is 0.595. The number of alkyl halides is 3. The second-order valence-corrected chi connectivity index (χ2v) is 14.0. The number of nitrogens with zero attached hydrogens (tertiary/aromatic N) is 4. The number of carbonyl (C=O) groups is 1. The van der Waals surface area contributed by atoms with Crippen molar-refractivity contribution in [3.8, 4) is 17.2 Å². The van der Waals surface area contributed by atoms with Gasteiger partial charge in [0.1, 0.15) is 17.6 Å². The van der Waals surface area contributed by atoms with Crippen LogP contribution in [0.5, 0.6) is 11.5 Å². The van der Waals surface area contributed by atoms with Gasteiger partial charge in [-0.05, 0) is 118 Å². The summed E-state index contributed by atoms with van der Waals surface area (Å²) < 4.78 is 52.7. The number of aromatic nitrogens is 3. The van der Waals surface area contributed by atoms with E-state index in [2.05, 4.69) is 45.1 Å². The molecule has 0 spiro atoms. The third kappa shape index (κ3) is 8.51. The molecule has 1 aliphatic carbocycles. The lowest BCUT2D eigenvalue weighted by molar-refractivity contribution is -0.275. The molecule has 0 bridgehead atoms. The minimum Gasteiger partial charge on any atom is -0.490 e. The van der Waals surface area contributed by atoms with E-state index >= 15 is 0 Å². The Balaban J connectivity index is 1.09. The Morgan fingerprint density at radius 2 is 1.85 bits per heavy atom. The summed E-state index contributed by atoms with van der Waals surface area (Å²) in [5, 5.41) is 18.3. The second-order valence-electron chi connectivity index (χ2n) is 14.0. The smallest absolute Gasteiger partial charge is 0.490 e. The van der Waals surface area contributed by atoms with E-state index in [1.165, 1.54) is 12.5 Å². The first-order valence-electron chi connectivity index (χ1n) is 17.6. The van der Waals surface area contributed by atoms with E-state index < -0.39 is 18.2 Å². The fourth-order valence-electron chi connectivity index (χ4n) is 7.58. The number of rotatable bonds is 14. The van der Waals surface area contributed by atoms with Gasteiger partial charge < -0.3 is 14.6 Å². The van der Waals surface area contributed by atoms with Gasteiger partial charge in [-0.2, -0.15) is 0 Å². The largest absolute Gasteiger partial charge is 0.573 e. The Kier molecular flexibility index (Phi) is 10.6. The first-order valence-corrected chi connectivity index (χ1v) is 17.6. The van der Waals surface area contributed by atoms with Crippen molar-refractivity contribution in [2.45, 2.75) is 109 Å². The summed E-state index contributed by atoms with van der Waals surface area (Å²) in [5.41, 5.74) is 4.19. The van der Waals surface area contributed by atoms with Crippen molar-refractivity contribution in [3.63, 3.8) is 0 Å². The summed E-state index contributed by atoms with van der Waals surface area (Å²) >= 11 is 0. The zero-order valence-electron chi connectivity index (χ0n) is 27.9. The molecule has 3 aromatic rings. The number of ether oxygens (including phenoxy) is 2. The number of halogens is 3. The van der Waals surface area contributed by atoms with Gasteiger partial charge in [0.05, 0.1) is 23.5 Å². The van der Waals surface area contributed by atoms with Gasteiger partial charge in [0.15, 0.2) is 0 Å². The Bertz CT molecular complexity index is 1550. The number of hydrogen-bond donors (Lipinski definition) is 1. The number of unbranched alkanes of at least 4 members (excludes halogenated alkanes) is 3. The van der Waals surface area contributed by atoms with Crippen molar-refractivity contribution >= 4 is 5.97 Å². The highest BCUT2D eigenvalue weighted by molar-refractivity contribution is 5.71. The summed E-state index contributed by atoms with van der Waals surface area (Å²) in [4.78, 5) is 14.0. The molecule has 1 N–H and O–H groups in total. The van der Waals surface area contributed by atoms with Gasteiger partial charge in [-0.25, -0.2) is 4.68 Å². The van der Waals surface area contributed by atoms with Gasteiger partial charge in [-0.3, -0.25) is 9.69 Å². The summed E-state index contributed by atoms with van der Waals surface area (Å²) in [6.07, 6.45) is 8.13. The van der Waals surface area contributed by atoms with E-state index in [1.807, 2.05) is 6.20 Å². The Morgan fingerprint density at radius 1 is 1.06 bits per heavy atom. The van der Waals surface area contributed by atoms with Gasteiger partial charge in [0, 0.05) is 12.1 Å². The number of aryl methyl sites for hydroxylation is 2. The van der Waals surface area contributed by atoms with E-state index in [0.29, 0.717) is 29.6 Å². The van der Waals surface area contributed by atoms with E-state index in [-0.39, 0.29) is 17.8 Å². The predicted molar refractivity (Wildman–Crippen MR) is 175 cm³/mol. The summed E-state index contributed by atoms with van der Waals surface area (Å²) in [7, 11) is 0.